The van der Waals surface area contributed by atoms with Crippen molar-refractivity contribution in [3.05, 3.63) is 35.6 Å². The Morgan fingerprint density at radius 1 is 1.40 bits per heavy atom. The van der Waals surface area contributed by atoms with Crippen molar-refractivity contribution >= 4 is 16.9 Å². The lowest BCUT2D eigenvalue weighted by Crippen LogP contribution is -2.37. The van der Waals surface area contributed by atoms with Gasteiger partial charge in [0, 0.05) is 30.6 Å². The summed E-state index contributed by atoms with van der Waals surface area (Å²) in [5, 5.41) is 6.84. The highest BCUT2D eigenvalue weighted by atomic mass is 16.5. The number of likely N-dealkylation sites (N-methyl/N-ethyl adjacent to an activating group) is 1. The van der Waals surface area contributed by atoms with Gasteiger partial charge >= 0.3 is 0 Å². The standard InChI is InChI=1S/C15H20N2O3/c1-10(16-2)8-17-15(18)14-12(9-19-3)11-6-4-5-7-13(11)20-14/h4-7,10,16H,8-9H2,1-3H3,(H,17,18). The van der Waals surface area contributed by atoms with E-state index >= 15 is 0 Å². The summed E-state index contributed by atoms with van der Waals surface area (Å²) < 4.78 is 10.8. The van der Waals surface area contributed by atoms with Crippen LogP contribution in [0, 0.1) is 0 Å². The molecule has 5 nitrogen and oxygen atoms in total. The Morgan fingerprint density at radius 3 is 2.85 bits per heavy atom. The molecule has 0 saturated heterocycles. The maximum Gasteiger partial charge on any atom is 0.287 e. The van der Waals surface area contributed by atoms with Gasteiger partial charge < -0.3 is 19.8 Å². The third-order valence-corrected chi connectivity index (χ3v) is 3.25. The molecule has 2 N–H and O–H groups in total. The normalized spacial score (nSPS) is 12.6. The third kappa shape index (κ3) is 3.00. The number of benzene rings is 1. The topological polar surface area (TPSA) is 63.5 Å². The van der Waals surface area contributed by atoms with Crippen molar-refractivity contribution < 1.29 is 13.9 Å². The number of para-hydroxylation sites is 1. The highest BCUT2D eigenvalue weighted by molar-refractivity contribution is 5.99. The number of fused-ring (bicyclic) bond motifs is 1. The van der Waals surface area contributed by atoms with Crippen LogP contribution in [0.5, 0.6) is 0 Å². The number of amides is 1. The molecule has 108 valence electrons. The van der Waals surface area contributed by atoms with Crippen LogP contribution in [0.25, 0.3) is 11.0 Å². The second kappa shape index (κ2) is 6.54. The van der Waals surface area contributed by atoms with E-state index in [2.05, 4.69) is 10.6 Å². The van der Waals surface area contributed by atoms with Gasteiger partial charge in [-0.05, 0) is 20.0 Å². The van der Waals surface area contributed by atoms with E-state index < -0.39 is 0 Å². The summed E-state index contributed by atoms with van der Waals surface area (Å²) in [5.74, 6) is 0.117. The maximum atomic E-state index is 12.2. The molecule has 1 atom stereocenters. The Hall–Kier alpha value is -1.85. The van der Waals surface area contributed by atoms with Crippen molar-refractivity contribution in [1.29, 1.82) is 0 Å². The molecule has 0 fully saturated rings. The predicted molar refractivity (Wildman–Crippen MR) is 77.8 cm³/mol. The van der Waals surface area contributed by atoms with E-state index in [0.29, 0.717) is 24.5 Å². The van der Waals surface area contributed by atoms with Gasteiger partial charge in [-0.1, -0.05) is 18.2 Å². The van der Waals surface area contributed by atoms with E-state index in [-0.39, 0.29) is 11.9 Å². The number of hydrogen-bond donors (Lipinski definition) is 2. The third-order valence-electron chi connectivity index (χ3n) is 3.25. The Kier molecular flexibility index (Phi) is 4.76. The fourth-order valence-electron chi connectivity index (χ4n) is 2.00. The largest absolute Gasteiger partial charge is 0.451 e. The Morgan fingerprint density at radius 2 is 2.15 bits per heavy atom. The van der Waals surface area contributed by atoms with Crippen LogP contribution in [0.1, 0.15) is 23.0 Å². The van der Waals surface area contributed by atoms with Crippen molar-refractivity contribution in [1.82, 2.24) is 10.6 Å². The van der Waals surface area contributed by atoms with E-state index in [1.165, 1.54) is 0 Å². The molecular formula is C15H20N2O3. The van der Waals surface area contributed by atoms with Crippen LogP contribution in [-0.4, -0.2) is 32.7 Å². The van der Waals surface area contributed by atoms with Gasteiger partial charge in [0.05, 0.1) is 6.61 Å². The zero-order valence-corrected chi connectivity index (χ0v) is 12.0. The minimum atomic E-state index is -0.213. The van der Waals surface area contributed by atoms with Crippen molar-refractivity contribution in [2.75, 3.05) is 20.7 Å². The smallest absolute Gasteiger partial charge is 0.287 e. The van der Waals surface area contributed by atoms with Gasteiger partial charge in [-0.2, -0.15) is 0 Å². The molecule has 0 aliphatic heterocycles. The van der Waals surface area contributed by atoms with E-state index in [0.717, 1.165) is 10.9 Å². The molecule has 2 rings (SSSR count). The van der Waals surface area contributed by atoms with Gasteiger partial charge in [-0.3, -0.25) is 4.79 Å². The second-order valence-corrected chi connectivity index (χ2v) is 4.74. The molecule has 1 amide bonds. The van der Waals surface area contributed by atoms with Crippen LogP contribution in [0.3, 0.4) is 0 Å². The van der Waals surface area contributed by atoms with E-state index in [4.69, 9.17) is 9.15 Å². The first-order valence-electron chi connectivity index (χ1n) is 6.62. The predicted octanol–water partition coefficient (Wildman–Crippen LogP) is 1.92. The fraction of sp³-hybridized carbons (Fsp3) is 0.400. The number of furan rings is 1. The molecule has 0 radical (unpaired) electrons. The number of ether oxygens (including phenoxy) is 1. The van der Waals surface area contributed by atoms with Crippen molar-refractivity contribution in [2.24, 2.45) is 0 Å². The van der Waals surface area contributed by atoms with E-state index in [9.17, 15) is 4.79 Å². The highest BCUT2D eigenvalue weighted by Crippen LogP contribution is 2.26. The zero-order chi connectivity index (χ0) is 14.5. The molecule has 1 aromatic carbocycles. The average molecular weight is 276 g/mol. The molecule has 0 spiro atoms. The summed E-state index contributed by atoms with van der Waals surface area (Å²) in [6.07, 6.45) is 0. The maximum absolute atomic E-state index is 12.2. The van der Waals surface area contributed by atoms with Crippen molar-refractivity contribution in [2.45, 2.75) is 19.6 Å². The summed E-state index contributed by atoms with van der Waals surface area (Å²) in [4.78, 5) is 12.2. The molecule has 0 aliphatic carbocycles. The molecule has 20 heavy (non-hydrogen) atoms. The molecule has 0 aliphatic rings. The molecular weight excluding hydrogens is 256 g/mol. The Labute approximate surface area is 118 Å². The number of methoxy groups -OCH3 is 1. The van der Waals surface area contributed by atoms with Gasteiger partial charge in [-0.25, -0.2) is 0 Å². The summed E-state index contributed by atoms with van der Waals surface area (Å²) in [7, 11) is 3.46. The molecule has 2 aromatic rings. The van der Waals surface area contributed by atoms with Gasteiger partial charge in [0.2, 0.25) is 0 Å². The van der Waals surface area contributed by atoms with E-state index in [1.807, 2.05) is 38.2 Å². The number of hydrogen-bond acceptors (Lipinski definition) is 4. The first kappa shape index (κ1) is 14.6. The van der Waals surface area contributed by atoms with E-state index in [1.54, 1.807) is 7.11 Å². The molecule has 5 heteroatoms. The molecule has 0 bridgehead atoms. The number of carbonyl (C=O) groups excluding carboxylic acids is 1. The SMILES string of the molecule is CNC(C)CNC(=O)c1oc2ccccc2c1COC. The Bertz CT molecular complexity index is 592. The second-order valence-electron chi connectivity index (χ2n) is 4.74. The van der Waals surface area contributed by atoms with Gasteiger partial charge in [0.25, 0.3) is 5.91 Å². The lowest BCUT2D eigenvalue weighted by molar-refractivity contribution is 0.0918. The van der Waals surface area contributed by atoms with Crippen molar-refractivity contribution in [3.8, 4) is 0 Å². The number of carbonyl (C=O) groups is 1. The molecule has 1 unspecified atom stereocenters. The van der Waals surface area contributed by atoms with Crippen LogP contribution >= 0.6 is 0 Å². The zero-order valence-electron chi connectivity index (χ0n) is 12.0. The first-order valence-corrected chi connectivity index (χ1v) is 6.62. The first-order chi connectivity index (χ1) is 9.67. The lowest BCUT2D eigenvalue weighted by Gasteiger charge is -2.10. The van der Waals surface area contributed by atoms with Crippen molar-refractivity contribution in [3.63, 3.8) is 0 Å². The van der Waals surface area contributed by atoms with Crippen LogP contribution in [0.4, 0.5) is 0 Å². The van der Waals surface area contributed by atoms with Gasteiger partial charge in [-0.15, -0.1) is 0 Å². The molecule has 1 aromatic heterocycles. The average Bonchev–Trinajstić information content (AvgIpc) is 2.84. The number of nitrogens with one attached hydrogen (secondary N) is 2. The molecule has 0 saturated carbocycles. The minimum absolute atomic E-state index is 0.203. The summed E-state index contributed by atoms with van der Waals surface area (Å²) >= 11 is 0. The summed E-state index contributed by atoms with van der Waals surface area (Å²) in [6, 6.07) is 7.78. The van der Waals surface area contributed by atoms with Gasteiger partial charge in [0.1, 0.15) is 5.58 Å². The minimum Gasteiger partial charge on any atom is -0.451 e. The van der Waals surface area contributed by atoms with Crippen LogP contribution < -0.4 is 10.6 Å². The molecule has 1 heterocycles. The monoisotopic (exact) mass is 276 g/mol. The highest BCUT2D eigenvalue weighted by Gasteiger charge is 2.20. The quantitative estimate of drug-likeness (QED) is 0.846. The number of rotatable bonds is 6. The fourth-order valence-corrected chi connectivity index (χ4v) is 2.00. The van der Waals surface area contributed by atoms with Crippen LogP contribution in [-0.2, 0) is 11.3 Å². The van der Waals surface area contributed by atoms with Crippen LogP contribution in [0.2, 0.25) is 0 Å². The summed E-state index contributed by atoms with van der Waals surface area (Å²) in [5.41, 5.74) is 1.49. The van der Waals surface area contributed by atoms with Gasteiger partial charge in [0.15, 0.2) is 5.76 Å². The lowest BCUT2D eigenvalue weighted by atomic mass is 10.1. The Balaban J connectivity index is 2.28. The summed E-state index contributed by atoms with van der Waals surface area (Å²) in [6.45, 7) is 2.88. The van der Waals surface area contributed by atoms with Crippen LogP contribution in [0.15, 0.2) is 28.7 Å².